The van der Waals surface area contributed by atoms with Crippen LogP contribution >= 0.6 is 0 Å². The van der Waals surface area contributed by atoms with Gasteiger partial charge in [0.2, 0.25) is 0 Å². The van der Waals surface area contributed by atoms with Gasteiger partial charge >= 0.3 is 0 Å². The molecule has 9 heteroatoms. The quantitative estimate of drug-likeness (QED) is 0.367. The van der Waals surface area contributed by atoms with Crippen LogP contribution in [0.4, 0.5) is 0 Å². The Hall–Kier alpha value is -3.85. The molecule has 1 amide bonds. The first kappa shape index (κ1) is 23.9. The van der Waals surface area contributed by atoms with Crippen molar-refractivity contribution in [1.82, 2.24) is 30.4 Å². The highest BCUT2D eigenvalue weighted by Gasteiger charge is 2.26. The maximum Gasteiger partial charge on any atom is 0.254 e. The molecule has 1 fully saturated rings. The maximum atomic E-state index is 13.1. The molecule has 9 nitrogen and oxygen atoms in total. The van der Waals surface area contributed by atoms with Crippen LogP contribution in [0.2, 0.25) is 0 Å². The summed E-state index contributed by atoms with van der Waals surface area (Å²) in [6, 6.07) is 14.1. The number of aromatic nitrogens is 4. The predicted molar refractivity (Wildman–Crippen MR) is 139 cm³/mol. The standard InChI is InChI=1S/C27H32N6O3/c1-16-14-33(15-17(2)28-16)27(34)19-6-8-23-24(11-19)30-26(29-23)25-12-20(31-32-25)7-5-18-9-21(35-3)13-22(10-18)36-4/h6,8-13,16-17,28H,5,7,14-15H2,1-4H3,(H,29,30)(H,31,32)/t16-,17+. The lowest BCUT2D eigenvalue weighted by atomic mass is 10.1. The van der Waals surface area contributed by atoms with Gasteiger partial charge in [-0.3, -0.25) is 9.89 Å². The SMILES string of the molecule is COc1cc(CCc2cc(-c3nc4cc(C(=O)N5C[C@@H](C)N[C@@H](C)C5)ccc4[nH]3)n[nH]2)cc(OC)c1. The summed E-state index contributed by atoms with van der Waals surface area (Å²) in [7, 11) is 3.30. The molecule has 1 aliphatic heterocycles. The summed E-state index contributed by atoms with van der Waals surface area (Å²) in [6.07, 6.45) is 1.59. The number of rotatable bonds is 7. The van der Waals surface area contributed by atoms with Crippen LogP contribution in [0.5, 0.6) is 11.5 Å². The molecule has 3 heterocycles. The van der Waals surface area contributed by atoms with Crippen molar-refractivity contribution < 1.29 is 14.3 Å². The van der Waals surface area contributed by atoms with Crippen molar-refractivity contribution in [2.24, 2.45) is 0 Å². The van der Waals surface area contributed by atoms with Crippen molar-refractivity contribution in [3.8, 4) is 23.0 Å². The molecule has 5 rings (SSSR count). The van der Waals surface area contributed by atoms with Crippen LogP contribution in [0.15, 0.2) is 42.5 Å². The Kier molecular flexibility index (Phi) is 6.65. The summed E-state index contributed by atoms with van der Waals surface area (Å²) in [6.45, 7) is 5.60. The lowest BCUT2D eigenvalue weighted by Crippen LogP contribution is -2.55. The van der Waals surface area contributed by atoms with E-state index in [2.05, 4.69) is 34.3 Å². The number of piperazine rings is 1. The van der Waals surface area contributed by atoms with Crippen LogP contribution in [0, 0.1) is 0 Å². The Morgan fingerprint density at radius 1 is 1.00 bits per heavy atom. The molecule has 2 aromatic heterocycles. The predicted octanol–water partition coefficient (Wildman–Crippen LogP) is 3.58. The number of hydrogen-bond acceptors (Lipinski definition) is 6. The third kappa shape index (κ3) is 5.06. The van der Waals surface area contributed by atoms with Gasteiger partial charge in [0.15, 0.2) is 5.82 Å². The molecule has 1 saturated heterocycles. The first-order valence-corrected chi connectivity index (χ1v) is 12.2. The van der Waals surface area contributed by atoms with Crippen LogP contribution in [0.1, 0.15) is 35.5 Å². The van der Waals surface area contributed by atoms with E-state index in [0.29, 0.717) is 24.5 Å². The molecule has 1 aliphatic rings. The Balaban J connectivity index is 1.30. The van der Waals surface area contributed by atoms with Crippen molar-refractivity contribution in [1.29, 1.82) is 0 Å². The smallest absolute Gasteiger partial charge is 0.254 e. The molecule has 4 aromatic rings. The molecular formula is C27H32N6O3. The molecule has 2 atom stereocenters. The number of carbonyl (C=O) groups is 1. The number of ether oxygens (including phenoxy) is 2. The number of methoxy groups -OCH3 is 2. The summed E-state index contributed by atoms with van der Waals surface area (Å²) in [5, 5.41) is 11.0. The van der Waals surface area contributed by atoms with E-state index < -0.39 is 0 Å². The van der Waals surface area contributed by atoms with Gasteiger partial charge in [-0.2, -0.15) is 5.10 Å². The highest BCUT2D eigenvalue weighted by molar-refractivity contribution is 5.97. The van der Waals surface area contributed by atoms with Crippen molar-refractivity contribution in [3.05, 3.63) is 59.3 Å². The fourth-order valence-corrected chi connectivity index (χ4v) is 4.84. The van der Waals surface area contributed by atoms with E-state index >= 15 is 0 Å². The van der Waals surface area contributed by atoms with E-state index in [-0.39, 0.29) is 18.0 Å². The highest BCUT2D eigenvalue weighted by atomic mass is 16.5. The van der Waals surface area contributed by atoms with E-state index in [9.17, 15) is 4.79 Å². The van der Waals surface area contributed by atoms with Crippen molar-refractivity contribution in [3.63, 3.8) is 0 Å². The average molecular weight is 489 g/mol. The number of hydrogen-bond donors (Lipinski definition) is 3. The highest BCUT2D eigenvalue weighted by Crippen LogP contribution is 2.25. The van der Waals surface area contributed by atoms with Gasteiger partial charge in [0.1, 0.15) is 17.2 Å². The second-order valence-electron chi connectivity index (χ2n) is 9.50. The van der Waals surface area contributed by atoms with E-state index in [1.54, 1.807) is 14.2 Å². The monoisotopic (exact) mass is 488 g/mol. The van der Waals surface area contributed by atoms with Crippen LogP contribution in [-0.2, 0) is 12.8 Å². The van der Waals surface area contributed by atoms with E-state index in [4.69, 9.17) is 14.5 Å². The number of aromatic amines is 2. The molecule has 0 spiro atoms. The molecule has 0 bridgehead atoms. The van der Waals surface area contributed by atoms with Gasteiger partial charge in [0, 0.05) is 42.5 Å². The minimum absolute atomic E-state index is 0.0397. The number of nitrogens with one attached hydrogen (secondary N) is 3. The number of nitrogens with zero attached hydrogens (tertiary/aromatic N) is 3. The van der Waals surface area contributed by atoms with Crippen LogP contribution in [-0.4, -0.2) is 70.4 Å². The second kappa shape index (κ2) is 10.0. The summed E-state index contributed by atoms with van der Waals surface area (Å²) in [4.78, 5) is 23.1. The zero-order chi connectivity index (χ0) is 25.2. The second-order valence-corrected chi connectivity index (χ2v) is 9.50. The molecule has 0 unspecified atom stereocenters. The van der Waals surface area contributed by atoms with Crippen LogP contribution < -0.4 is 14.8 Å². The van der Waals surface area contributed by atoms with Crippen LogP contribution in [0.3, 0.4) is 0 Å². The van der Waals surface area contributed by atoms with Gasteiger partial charge in [-0.1, -0.05) is 0 Å². The van der Waals surface area contributed by atoms with E-state index in [1.165, 1.54) is 0 Å². The van der Waals surface area contributed by atoms with Gasteiger partial charge in [0.25, 0.3) is 5.91 Å². The van der Waals surface area contributed by atoms with E-state index in [1.807, 2.05) is 47.4 Å². The van der Waals surface area contributed by atoms with Gasteiger partial charge < -0.3 is 24.7 Å². The zero-order valence-corrected chi connectivity index (χ0v) is 21.1. The van der Waals surface area contributed by atoms with Gasteiger partial charge in [-0.25, -0.2) is 4.98 Å². The largest absolute Gasteiger partial charge is 0.497 e. The molecule has 188 valence electrons. The Bertz CT molecular complexity index is 1340. The van der Waals surface area contributed by atoms with Gasteiger partial charge in [0.05, 0.1) is 25.3 Å². The molecule has 0 aliphatic carbocycles. The first-order valence-electron chi connectivity index (χ1n) is 12.2. The summed E-state index contributed by atoms with van der Waals surface area (Å²) < 4.78 is 10.7. The number of benzene rings is 2. The minimum Gasteiger partial charge on any atom is -0.497 e. The Labute approximate surface area is 210 Å². The van der Waals surface area contributed by atoms with Gasteiger partial charge in [-0.15, -0.1) is 0 Å². The third-order valence-corrected chi connectivity index (χ3v) is 6.54. The van der Waals surface area contributed by atoms with Crippen LogP contribution in [0.25, 0.3) is 22.6 Å². The lowest BCUT2D eigenvalue weighted by molar-refractivity contribution is 0.0674. The van der Waals surface area contributed by atoms with Crippen molar-refractivity contribution >= 4 is 16.9 Å². The normalized spacial score (nSPS) is 17.9. The molecule has 0 radical (unpaired) electrons. The maximum absolute atomic E-state index is 13.1. The number of H-pyrrole nitrogens is 2. The zero-order valence-electron chi connectivity index (χ0n) is 21.1. The average Bonchev–Trinajstić information content (AvgIpc) is 3.52. The van der Waals surface area contributed by atoms with Crippen molar-refractivity contribution in [2.75, 3.05) is 27.3 Å². The number of amides is 1. The Morgan fingerprint density at radius 2 is 1.72 bits per heavy atom. The Morgan fingerprint density at radius 3 is 2.42 bits per heavy atom. The molecule has 36 heavy (non-hydrogen) atoms. The van der Waals surface area contributed by atoms with Gasteiger partial charge in [-0.05, 0) is 68.7 Å². The molecule has 0 saturated carbocycles. The first-order chi connectivity index (χ1) is 17.4. The molecular weight excluding hydrogens is 456 g/mol. The fraction of sp³-hybridized carbons (Fsp3) is 0.370. The summed E-state index contributed by atoms with van der Waals surface area (Å²) in [5.41, 5.74) is 5.14. The molecule has 3 N–H and O–H groups in total. The number of imidazole rings is 1. The summed E-state index contributed by atoms with van der Waals surface area (Å²) >= 11 is 0. The topological polar surface area (TPSA) is 108 Å². The molecule has 2 aromatic carbocycles. The minimum atomic E-state index is 0.0397. The number of carbonyl (C=O) groups excluding carboxylic acids is 1. The fourth-order valence-electron chi connectivity index (χ4n) is 4.84. The van der Waals surface area contributed by atoms with Crippen molar-refractivity contribution in [2.45, 2.75) is 38.8 Å². The summed E-state index contributed by atoms with van der Waals surface area (Å²) in [5.74, 6) is 2.26. The lowest BCUT2D eigenvalue weighted by Gasteiger charge is -2.36. The van der Waals surface area contributed by atoms with E-state index in [0.717, 1.165) is 52.3 Å². The number of fused-ring (bicyclic) bond motifs is 1. The number of aryl methyl sites for hydroxylation is 2. The third-order valence-electron chi connectivity index (χ3n) is 6.54.